The highest BCUT2D eigenvalue weighted by molar-refractivity contribution is 6.30. The number of nitrogens with zero attached hydrogens (tertiary/aromatic N) is 1. The van der Waals surface area contributed by atoms with Crippen LogP contribution >= 0.6 is 11.6 Å². The fourth-order valence-electron chi connectivity index (χ4n) is 1.74. The lowest BCUT2D eigenvalue weighted by Gasteiger charge is -2.45. The topological polar surface area (TPSA) is 35.1 Å². The van der Waals surface area contributed by atoms with Crippen molar-refractivity contribution < 1.29 is 0 Å². The van der Waals surface area contributed by atoms with Gasteiger partial charge in [0.1, 0.15) is 5.69 Å². The van der Waals surface area contributed by atoms with Gasteiger partial charge in [-0.25, -0.2) is 0 Å². The van der Waals surface area contributed by atoms with Crippen molar-refractivity contribution in [3.63, 3.8) is 0 Å². The first-order chi connectivity index (χ1) is 6.71. The molecule has 0 amide bonds. The van der Waals surface area contributed by atoms with Crippen molar-refractivity contribution in [1.82, 2.24) is 9.96 Å². The second-order valence-electron chi connectivity index (χ2n) is 3.57. The van der Waals surface area contributed by atoms with Gasteiger partial charge >= 0.3 is 0 Å². The van der Waals surface area contributed by atoms with Crippen LogP contribution in [-0.4, -0.2) is 26.2 Å². The van der Waals surface area contributed by atoms with Gasteiger partial charge in [-0.3, -0.25) is 0 Å². The van der Waals surface area contributed by atoms with Crippen LogP contribution in [0.15, 0.2) is 24.3 Å². The van der Waals surface area contributed by atoms with Crippen LogP contribution in [0.3, 0.4) is 0 Å². The van der Waals surface area contributed by atoms with Crippen molar-refractivity contribution >= 4 is 17.3 Å². The van der Waals surface area contributed by atoms with E-state index in [1.54, 1.807) is 12.1 Å². The summed E-state index contributed by atoms with van der Waals surface area (Å²) in [6.07, 6.45) is 0. The van der Waals surface area contributed by atoms with Gasteiger partial charge in [0, 0.05) is 24.2 Å². The van der Waals surface area contributed by atoms with E-state index in [1.807, 2.05) is 12.1 Å². The Morgan fingerprint density at radius 3 is 2.64 bits per heavy atom. The summed E-state index contributed by atoms with van der Waals surface area (Å²) in [7, 11) is 0. The Labute approximate surface area is 88.5 Å². The third-order valence-corrected chi connectivity index (χ3v) is 2.81. The monoisotopic (exact) mass is 212 g/mol. The molecule has 1 aliphatic heterocycles. The molecule has 1 aliphatic rings. The van der Waals surface area contributed by atoms with Crippen molar-refractivity contribution in [2.75, 3.05) is 26.2 Å². The molecule has 4 heteroatoms. The van der Waals surface area contributed by atoms with Crippen LogP contribution in [0, 0.1) is 5.21 Å². The first-order valence-corrected chi connectivity index (χ1v) is 5.13. The van der Waals surface area contributed by atoms with Gasteiger partial charge in [-0.15, -0.1) is 0 Å². The Morgan fingerprint density at radius 2 is 2.00 bits per heavy atom. The van der Waals surface area contributed by atoms with E-state index < -0.39 is 0 Å². The Hall–Kier alpha value is -0.610. The van der Waals surface area contributed by atoms with Gasteiger partial charge in [0.05, 0.1) is 13.1 Å². The largest absolute Gasteiger partial charge is 0.627 e. The Kier molecular flexibility index (Phi) is 2.74. The molecule has 0 spiro atoms. The Morgan fingerprint density at radius 1 is 1.29 bits per heavy atom. The van der Waals surface area contributed by atoms with Crippen LogP contribution in [0.1, 0.15) is 0 Å². The molecule has 0 bridgehead atoms. The lowest BCUT2D eigenvalue weighted by Crippen LogP contribution is -2.55. The van der Waals surface area contributed by atoms with Gasteiger partial charge in [0.2, 0.25) is 0 Å². The number of hydroxylamine groups is 2. The molecule has 0 radical (unpaired) electrons. The Bertz CT molecular complexity index is 324. The molecule has 0 unspecified atom stereocenters. The van der Waals surface area contributed by atoms with Gasteiger partial charge in [0.25, 0.3) is 0 Å². The predicted octanol–water partition coefficient (Wildman–Crippen LogP) is 1.75. The molecule has 14 heavy (non-hydrogen) atoms. The number of hydrogen-bond donors (Lipinski definition) is 1. The lowest BCUT2D eigenvalue weighted by atomic mass is 10.2. The number of hydrogen-bond acceptors (Lipinski definition) is 2. The smallest absolute Gasteiger partial charge is 0.134 e. The van der Waals surface area contributed by atoms with Crippen molar-refractivity contribution in [1.29, 1.82) is 0 Å². The summed E-state index contributed by atoms with van der Waals surface area (Å²) in [6.45, 7) is 2.71. The summed E-state index contributed by atoms with van der Waals surface area (Å²) in [5, 5.41) is 16.1. The first kappa shape index (κ1) is 9.93. The molecule has 1 N–H and O–H groups in total. The molecule has 1 aromatic carbocycles. The van der Waals surface area contributed by atoms with E-state index >= 15 is 0 Å². The maximum Gasteiger partial charge on any atom is 0.134 e. The minimum Gasteiger partial charge on any atom is -0.627 e. The van der Waals surface area contributed by atoms with Gasteiger partial charge in [-0.05, 0) is 12.1 Å². The zero-order valence-corrected chi connectivity index (χ0v) is 8.63. The van der Waals surface area contributed by atoms with Crippen molar-refractivity contribution in [2.24, 2.45) is 0 Å². The third-order valence-electron chi connectivity index (χ3n) is 2.58. The maximum absolute atomic E-state index is 12.3. The SMILES string of the molecule is [O-][N+]1(c2cccc(Cl)c2)CCNCC1. The summed E-state index contributed by atoms with van der Waals surface area (Å²) < 4.78 is -0.256. The number of benzene rings is 1. The number of rotatable bonds is 1. The average molecular weight is 213 g/mol. The quantitative estimate of drug-likeness (QED) is 0.569. The van der Waals surface area contributed by atoms with Crippen LogP contribution in [0.2, 0.25) is 5.02 Å². The van der Waals surface area contributed by atoms with E-state index in [1.165, 1.54) is 0 Å². The standard InChI is InChI=1S/C10H13ClN2O/c11-9-2-1-3-10(8-9)13(14)6-4-12-5-7-13/h1-3,8,12H,4-7H2. The molecule has 76 valence electrons. The summed E-state index contributed by atoms with van der Waals surface area (Å²) in [6, 6.07) is 7.24. The molecule has 1 saturated heterocycles. The van der Waals surface area contributed by atoms with Gasteiger partial charge in [0.15, 0.2) is 0 Å². The fourth-order valence-corrected chi connectivity index (χ4v) is 1.93. The van der Waals surface area contributed by atoms with Crippen molar-refractivity contribution in [3.05, 3.63) is 34.5 Å². The van der Waals surface area contributed by atoms with Crippen LogP contribution < -0.4 is 9.96 Å². The minimum absolute atomic E-state index is 0.256. The zero-order chi connectivity index (χ0) is 10.0. The molecule has 0 aliphatic carbocycles. The zero-order valence-electron chi connectivity index (χ0n) is 7.87. The highest BCUT2D eigenvalue weighted by Crippen LogP contribution is 2.25. The van der Waals surface area contributed by atoms with Crippen LogP contribution in [0.5, 0.6) is 0 Å². The van der Waals surface area contributed by atoms with E-state index in [-0.39, 0.29) is 4.65 Å². The minimum atomic E-state index is -0.256. The van der Waals surface area contributed by atoms with E-state index in [0.29, 0.717) is 18.1 Å². The van der Waals surface area contributed by atoms with E-state index in [9.17, 15) is 5.21 Å². The van der Waals surface area contributed by atoms with Gasteiger partial charge < -0.3 is 15.2 Å². The summed E-state index contributed by atoms with van der Waals surface area (Å²) in [5.74, 6) is 0. The number of piperazine rings is 1. The molecule has 2 rings (SSSR count). The molecule has 0 saturated carbocycles. The van der Waals surface area contributed by atoms with Crippen molar-refractivity contribution in [2.45, 2.75) is 0 Å². The molecule has 0 aromatic heterocycles. The van der Waals surface area contributed by atoms with E-state index in [0.717, 1.165) is 18.8 Å². The number of nitrogens with one attached hydrogen (secondary N) is 1. The van der Waals surface area contributed by atoms with Gasteiger partial charge in [-0.1, -0.05) is 17.7 Å². The normalized spacial score (nSPS) is 20.7. The molecule has 3 nitrogen and oxygen atoms in total. The maximum atomic E-state index is 12.3. The summed E-state index contributed by atoms with van der Waals surface area (Å²) >= 11 is 5.86. The predicted molar refractivity (Wildman–Crippen MR) is 59.2 cm³/mol. The van der Waals surface area contributed by atoms with E-state index in [4.69, 9.17) is 11.6 Å². The lowest BCUT2D eigenvalue weighted by molar-refractivity contribution is 0.321. The van der Waals surface area contributed by atoms with Crippen LogP contribution in [0.4, 0.5) is 5.69 Å². The number of quaternary nitrogens is 1. The van der Waals surface area contributed by atoms with E-state index in [2.05, 4.69) is 5.32 Å². The Balaban J connectivity index is 2.28. The van der Waals surface area contributed by atoms with Gasteiger partial charge in [-0.2, -0.15) is 0 Å². The molecule has 1 fully saturated rings. The second kappa shape index (κ2) is 3.87. The second-order valence-corrected chi connectivity index (χ2v) is 4.00. The average Bonchev–Trinajstić information content (AvgIpc) is 2.19. The molecular weight excluding hydrogens is 200 g/mol. The highest BCUT2D eigenvalue weighted by Gasteiger charge is 2.23. The molecular formula is C10H13ClN2O. The molecule has 1 aromatic rings. The highest BCUT2D eigenvalue weighted by atomic mass is 35.5. The third kappa shape index (κ3) is 1.91. The molecule has 0 atom stereocenters. The van der Waals surface area contributed by atoms with Crippen molar-refractivity contribution in [3.8, 4) is 0 Å². The number of halogens is 1. The first-order valence-electron chi connectivity index (χ1n) is 4.76. The van der Waals surface area contributed by atoms with Crippen LogP contribution in [-0.2, 0) is 0 Å². The molecule has 1 heterocycles. The summed E-state index contributed by atoms with van der Waals surface area (Å²) in [5.41, 5.74) is 0.763. The summed E-state index contributed by atoms with van der Waals surface area (Å²) in [4.78, 5) is 0. The van der Waals surface area contributed by atoms with Crippen LogP contribution in [0.25, 0.3) is 0 Å². The fraction of sp³-hybridized carbons (Fsp3) is 0.400.